The lowest BCUT2D eigenvalue weighted by Crippen LogP contribution is -2.26. The summed E-state index contributed by atoms with van der Waals surface area (Å²) in [6.45, 7) is 5.85. The number of carbonyl (C=O) groups excluding carboxylic acids is 1. The lowest BCUT2D eigenvalue weighted by Gasteiger charge is -2.26. The Morgan fingerprint density at radius 1 is 1.19 bits per heavy atom. The smallest absolute Gasteiger partial charge is 0.177 e. The first kappa shape index (κ1) is 16.1. The largest absolute Gasteiger partial charge is 0.492 e. The van der Waals surface area contributed by atoms with Gasteiger partial charge in [0.25, 0.3) is 0 Å². The molecule has 5 heteroatoms. The van der Waals surface area contributed by atoms with Gasteiger partial charge in [0.2, 0.25) is 0 Å². The molecule has 0 aliphatic carbocycles. The average molecular weight is 310 g/mol. The monoisotopic (exact) mass is 310 g/mol. The molecule has 2 heterocycles. The van der Waals surface area contributed by atoms with Gasteiger partial charge in [0, 0.05) is 19.0 Å². The zero-order valence-corrected chi connectivity index (χ0v) is 14.1. The molecule has 0 radical (unpaired) electrons. The molecule has 1 fully saturated rings. The molecule has 2 rings (SSSR count). The Morgan fingerprint density at radius 3 is 2.29 bits per heavy atom. The van der Waals surface area contributed by atoms with Crippen molar-refractivity contribution in [3.8, 4) is 5.75 Å². The molecule has 0 saturated carbocycles. The van der Waals surface area contributed by atoms with Gasteiger partial charge in [-0.05, 0) is 12.8 Å². The van der Waals surface area contributed by atoms with E-state index in [0.29, 0.717) is 16.3 Å². The van der Waals surface area contributed by atoms with E-state index < -0.39 is 0 Å². The summed E-state index contributed by atoms with van der Waals surface area (Å²) in [7, 11) is 1.63. The van der Waals surface area contributed by atoms with E-state index >= 15 is 0 Å². The number of rotatable bonds is 4. The van der Waals surface area contributed by atoms with E-state index in [1.165, 1.54) is 43.4 Å². The Labute approximate surface area is 131 Å². The number of ether oxygens (including phenoxy) is 1. The second-order valence-corrected chi connectivity index (χ2v) is 6.96. The van der Waals surface area contributed by atoms with Crippen molar-refractivity contribution < 1.29 is 9.53 Å². The molecular weight excluding hydrogens is 284 g/mol. The molecule has 1 aromatic rings. The molecule has 1 saturated heterocycles. The maximum absolute atomic E-state index is 12.3. The van der Waals surface area contributed by atoms with Crippen LogP contribution in [-0.4, -0.2) is 26.0 Å². The summed E-state index contributed by atoms with van der Waals surface area (Å²) in [6, 6.07) is 0. The van der Waals surface area contributed by atoms with Crippen molar-refractivity contribution in [2.75, 3.05) is 30.8 Å². The van der Waals surface area contributed by atoms with Crippen LogP contribution in [0.15, 0.2) is 0 Å². The highest BCUT2D eigenvalue weighted by atomic mass is 32.1. The second-order valence-electron chi connectivity index (χ2n) is 5.96. The number of ketones is 1. The zero-order valence-electron chi connectivity index (χ0n) is 13.3. The lowest BCUT2D eigenvalue weighted by molar-refractivity contribution is 0.0944. The Balaban J connectivity index is 2.33. The van der Waals surface area contributed by atoms with Gasteiger partial charge >= 0.3 is 0 Å². The quantitative estimate of drug-likeness (QED) is 0.856. The molecule has 1 aliphatic heterocycles. The van der Waals surface area contributed by atoms with Gasteiger partial charge in [-0.1, -0.05) is 33.1 Å². The summed E-state index contributed by atoms with van der Waals surface area (Å²) >= 11 is 1.50. The van der Waals surface area contributed by atoms with Gasteiger partial charge in [-0.3, -0.25) is 4.79 Å². The zero-order chi connectivity index (χ0) is 15.4. The van der Waals surface area contributed by atoms with Gasteiger partial charge in [-0.15, -0.1) is 11.3 Å². The molecule has 0 amide bonds. The number of hydrogen-bond acceptors (Lipinski definition) is 5. The first-order chi connectivity index (χ1) is 10.1. The van der Waals surface area contributed by atoms with Gasteiger partial charge in [0.05, 0.1) is 17.7 Å². The Morgan fingerprint density at radius 2 is 1.76 bits per heavy atom. The molecular formula is C16H26N2O2S. The van der Waals surface area contributed by atoms with Crippen molar-refractivity contribution in [2.45, 2.75) is 46.0 Å². The molecule has 0 atom stereocenters. The highest BCUT2D eigenvalue weighted by molar-refractivity contribution is 7.19. The van der Waals surface area contributed by atoms with E-state index in [-0.39, 0.29) is 11.7 Å². The number of nitrogen functional groups attached to an aromatic ring is 1. The van der Waals surface area contributed by atoms with Crippen LogP contribution in [0.3, 0.4) is 0 Å². The van der Waals surface area contributed by atoms with Gasteiger partial charge in [-0.25, -0.2) is 0 Å². The fraction of sp³-hybridized carbons (Fsp3) is 0.688. The SMILES string of the molecule is COc1c(N2CCCCCCC2)sc(C(=O)C(C)C)c1N. The van der Waals surface area contributed by atoms with Crippen LogP contribution in [0.5, 0.6) is 5.75 Å². The van der Waals surface area contributed by atoms with Crippen LogP contribution < -0.4 is 15.4 Å². The molecule has 0 bridgehead atoms. The third kappa shape index (κ3) is 3.51. The van der Waals surface area contributed by atoms with Crippen molar-refractivity contribution in [3.05, 3.63) is 4.88 Å². The van der Waals surface area contributed by atoms with E-state index in [1.807, 2.05) is 13.8 Å². The number of methoxy groups -OCH3 is 1. The summed E-state index contributed by atoms with van der Waals surface area (Å²) in [5, 5.41) is 1.03. The topological polar surface area (TPSA) is 55.6 Å². The highest BCUT2D eigenvalue weighted by Crippen LogP contribution is 2.45. The van der Waals surface area contributed by atoms with Gasteiger partial charge in [0.1, 0.15) is 5.00 Å². The predicted octanol–water partition coefficient (Wildman–Crippen LogP) is 3.95. The van der Waals surface area contributed by atoms with Crippen molar-refractivity contribution in [1.82, 2.24) is 0 Å². The van der Waals surface area contributed by atoms with Crippen LogP contribution in [0.1, 0.15) is 55.6 Å². The standard InChI is InChI=1S/C16H26N2O2S/c1-11(2)13(19)15-12(17)14(20-3)16(21-15)18-9-7-5-4-6-8-10-18/h11H,4-10,17H2,1-3H3. The van der Waals surface area contributed by atoms with Crippen LogP contribution in [-0.2, 0) is 0 Å². The maximum Gasteiger partial charge on any atom is 0.177 e. The van der Waals surface area contributed by atoms with Crippen LogP contribution >= 0.6 is 11.3 Å². The summed E-state index contributed by atoms with van der Waals surface area (Å²) < 4.78 is 5.50. The lowest BCUT2D eigenvalue weighted by atomic mass is 10.1. The number of nitrogens with two attached hydrogens (primary N) is 1. The summed E-state index contributed by atoms with van der Waals surface area (Å²) in [6.07, 6.45) is 6.26. The van der Waals surface area contributed by atoms with Crippen molar-refractivity contribution >= 4 is 27.8 Å². The predicted molar refractivity (Wildman–Crippen MR) is 89.7 cm³/mol. The first-order valence-corrected chi connectivity index (χ1v) is 8.63. The summed E-state index contributed by atoms with van der Waals surface area (Å²) in [5.41, 5.74) is 6.68. The van der Waals surface area contributed by atoms with Crippen LogP contribution in [0.2, 0.25) is 0 Å². The number of hydrogen-bond donors (Lipinski definition) is 1. The minimum Gasteiger partial charge on any atom is -0.492 e. The molecule has 0 unspecified atom stereocenters. The third-order valence-corrected chi connectivity index (χ3v) is 5.24. The van der Waals surface area contributed by atoms with E-state index in [0.717, 1.165) is 18.1 Å². The number of Topliss-reactive ketones (excluding diaryl/α,β-unsaturated/α-hetero) is 1. The number of thiophene rings is 1. The van der Waals surface area contributed by atoms with Gasteiger partial charge < -0.3 is 15.4 Å². The highest BCUT2D eigenvalue weighted by Gasteiger charge is 2.26. The number of carbonyl (C=O) groups is 1. The summed E-state index contributed by atoms with van der Waals surface area (Å²) in [4.78, 5) is 15.3. The van der Waals surface area contributed by atoms with E-state index in [2.05, 4.69) is 4.90 Å². The average Bonchev–Trinajstić information content (AvgIpc) is 2.74. The molecule has 0 aromatic carbocycles. The number of anilines is 2. The van der Waals surface area contributed by atoms with Crippen molar-refractivity contribution in [2.24, 2.45) is 5.92 Å². The Kier molecular flexibility index (Phi) is 5.51. The minimum absolute atomic E-state index is 0.0455. The summed E-state index contributed by atoms with van der Waals surface area (Å²) in [5.74, 6) is 0.745. The molecule has 118 valence electrons. The second kappa shape index (κ2) is 7.16. The van der Waals surface area contributed by atoms with E-state index in [1.54, 1.807) is 7.11 Å². The maximum atomic E-state index is 12.3. The van der Waals surface area contributed by atoms with E-state index in [4.69, 9.17) is 10.5 Å². The van der Waals surface area contributed by atoms with Gasteiger partial charge in [-0.2, -0.15) is 0 Å². The molecule has 21 heavy (non-hydrogen) atoms. The third-order valence-electron chi connectivity index (χ3n) is 3.98. The molecule has 0 spiro atoms. The van der Waals surface area contributed by atoms with Crippen LogP contribution in [0.25, 0.3) is 0 Å². The minimum atomic E-state index is -0.0455. The molecule has 2 N–H and O–H groups in total. The number of nitrogens with zero attached hydrogens (tertiary/aromatic N) is 1. The fourth-order valence-electron chi connectivity index (χ4n) is 2.72. The normalized spacial score (nSPS) is 16.7. The molecule has 1 aromatic heterocycles. The first-order valence-electron chi connectivity index (χ1n) is 7.81. The fourth-order valence-corrected chi connectivity index (χ4v) is 4.05. The van der Waals surface area contributed by atoms with Crippen molar-refractivity contribution in [1.29, 1.82) is 0 Å². The van der Waals surface area contributed by atoms with Crippen LogP contribution in [0.4, 0.5) is 10.7 Å². The Hall–Kier alpha value is -1.23. The Bertz CT molecular complexity index is 489. The van der Waals surface area contributed by atoms with Crippen molar-refractivity contribution in [3.63, 3.8) is 0 Å². The van der Waals surface area contributed by atoms with Gasteiger partial charge in [0.15, 0.2) is 11.5 Å². The molecule has 4 nitrogen and oxygen atoms in total. The molecule has 1 aliphatic rings. The van der Waals surface area contributed by atoms with E-state index in [9.17, 15) is 4.79 Å². The van der Waals surface area contributed by atoms with Crippen LogP contribution in [0, 0.1) is 5.92 Å².